The van der Waals surface area contributed by atoms with Gasteiger partial charge in [0.2, 0.25) is 5.95 Å². The Bertz CT molecular complexity index is 432. The minimum absolute atomic E-state index is 0.0540. The van der Waals surface area contributed by atoms with E-state index in [0.717, 1.165) is 24.6 Å². The van der Waals surface area contributed by atoms with Gasteiger partial charge in [0.25, 0.3) is 0 Å². The topological polar surface area (TPSA) is 103 Å². The summed E-state index contributed by atoms with van der Waals surface area (Å²) in [4.78, 5) is 10.5. The minimum Gasteiger partial charge on any atom is -0.481 e. The lowest BCUT2D eigenvalue weighted by molar-refractivity contribution is -0.133. The van der Waals surface area contributed by atoms with Gasteiger partial charge in [0.1, 0.15) is 0 Å². The quantitative estimate of drug-likeness (QED) is 0.720. The van der Waals surface area contributed by atoms with Crippen molar-refractivity contribution in [3.8, 4) is 0 Å². The Balaban J connectivity index is 1.83. The number of nitrogen functional groups attached to an aromatic ring is 1. The maximum Gasteiger partial charge on any atom is 0.313 e. The number of aromatic nitrogens is 3. The maximum atomic E-state index is 10.5. The van der Waals surface area contributed by atoms with Crippen LogP contribution in [0, 0.1) is 0 Å². The standard InChI is InChI=1S/C11H18N4O3S/c12-10-13-14-11(19-7-9(16)17)15(10)5-6-18-8-3-1-2-4-8/h8H,1-7H2,(H2,12,13)(H,16,17). The second kappa shape index (κ2) is 6.76. The SMILES string of the molecule is Nc1nnc(SCC(=O)O)n1CCOC1CCCC1. The number of carbonyl (C=O) groups is 1. The molecule has 0 amide bonds. The van der Waals surface area contributed by atoms with E-state index in [9.17, 15) is 4.79 Å². The van der Waals surface area contributed by atoms with Gasteiger partial charge in [0.05, 0.1) is 25.0 Å². The van der Waals surface area contributed by atoms with Crippen LogP contribution in [0.25, 0.3) is 0 Å². The molecule has 1 saturated carbocycles. The van der Waals surface area contributed by atoms with E-state index < -0.39 is 5.97 Å². The third-order valence-corrected chi connectivity index (χ3v) is 3.99. The van der Waals surface area contributed by atoms with Crippen molar-refractivity contribution in [2.45, 2.75) is 43.5 Å². The van der Waals surface area contributed by atoms with E-state index in [1.807, 2.05) is 0 Å². The Hall–Kier alpha value is -1.28. The van der Waals surface area contributed by atoms with Gasteiger partial charge in [-0.15, -0.1) is 10.2 Å². The van der Waals surface area contributed by atoms with Crippen LogP contribution in [0.2, 0.25) is 0 Å². The number of aliphatic carboxylic acids is 1. The van der Waals surface area contributed by atoms with Gasteiger partial charge in [-0.2, -0.15) is 0 Å². The molecule has 7 nitrogen and oxygen atoms in total. The van der Waals surface area contributed by atoms with Crippen LogP contribution in [0.3, 0.4) is 0 Å². The van der Waals surface area contributed by atoms with E-state index in [0.29, 0.717) is 30.4 Å². The highest BCUT2D eigenvalue weighted by Crippen LogP contribution is 2.22. The van der Waals surface area contributed by atoms with Gasteiger partial charge in [0.15, 0.2) is 5.16 Å². The first-order valence-corrected chi connectivity index (χ1v) is 7.30. The van der Waals surface area contributed by atoms with Crippen molar-refractivity contribution in [2.75, 3.05) is 18.1 Å². The summed E-state index contributed by atoms with van der Waals surface area (Å²) in [5, 5.41) is 16.8. The number of rotatable bonds is 7. The van der Waals surface area contributed by atoms with E-state index in [2.05, 4.69) is 10.2 Å². The van der Waals surface area contributed by atoms with Crippen LogP contribution < -0.4 is 5.73 Å². The predicted octanol–water partition coefficient (Wildman–Crippen LogP) is 0.996. The Morgan fingerprint density at radius 1 is 1.47 bits per heavy atom. The fraction of sp³-hybridized carbons (Fsp3) is 0.727. The second-order valence-corrected chi connectivity index (χ2v) is 5.39. The lowest BCUT2D eigenvalue weighted by atomic mass is 10.3. The lowest BCUT2D eigenvalue weighted by Gasteiger charge is -2.12. The van der Waals surface area contributed by atoms with Gasteiger partial charge in [-0.05, 0) is 12.8 Å². The van der Waals surface area contributed by atoms with Gasteiger partial charge in [-0.25, -0.2) is 0 Å². The molecule has 0 radical (unpaired) electrons. The summed E-state index contributed by atoms with van der Waals surface area (Å²) in [6, 6.07) is 0. The number of hydrogen-bond donors (Lipinski definition) is 2. The maximum absolute atomic E-state index is 10.5. The number of nitrogens with two attached hydrogens (primary N) is 1. The fourth-order valence-corrected chi connectivity index (χ4v) is 2.80. The Morgan fingerprint density at radius 3 is 2.89 bits per heavy atom. The first kappa shape index (κ1) is 14.1. The molecule has 0 atom stereocenters. The van der Waals surface area contributed by atoms with Crippen molar-refractivity contribution >= 4 is 23.7 Å². The van der Waals surface area contributed by atoms with Gasteiger partial charge in [-0.3, -0.25) is 9.36 Å². The zero-order valence-corrected chi connectivity index (χ0v) is 11.4. The predicted molar refractivity (Wildman–Crippen MR) is 71.0 cm³/mol. The minimum atomic E-state index is -0.889. The fourth-order valence-electron chi connectivity index (χ4n) is 2.11. The van der Waals surface area contributed by atoms with E-state index in [4.69, 9.17) is 15.6 Å². The molecule has 19 heavy (non-hydrogen) atoms. The second-order valence-electron chi connectivity index (χ2n) is 4.45. The molecule has 1 aliphatic rings. The summed E-state index contributed by atoms with van der Waals surface area (Å²) in [5.41, 5.74) is 5.72. The Morgan fingerprint density at radius 2 is 2.21 bits per heavy atom. The zero-order chi connectivity index (χ0) is 13.7. The highest BCUT2D eigenvalue weighted by Gasteiger charge is 2.16. The molecule has 1 fully saturated rings. The first-order chi connectivity index (χ1) is 9.16. The number of thioether (sulfide) groups is 1. The monoisotopic (exact) mass is 286 g/mol. The summed E-state index contributed by atoms with van der Waals surface area (Å²) < 4.78 is 7.45. The third kappa shape index (κ3) is 4.10. The van der Waals surface area contributed by atoms with E-state index in [1.54, 1.807) is 4.57 Å². The largest absolute Gasteiger partial charge is 0.481 e. The smallest absolute Gasteiger partial charge is 0.313 e. The molecule has 8 heteroatoms. The molecule has 1 aliphatic carbocycles. The van der Waals surface area contributed by atoms with Crippen molar-refractivity contribution in [1.29, 1.82) is 0 Å². The van der Waals surface area contributed by atoms with Crippen LogP contribution in [0.15, 0.2) is 5.16 Å². The molecular weight excluding hydrogens is 268 g/mol. The first-order valence-electron chi connectivity index (χ1n) is 6.31. The van der Waals surface area contributed by atoms with Crippen LogP contribution >= 0.6 is 11.8 Å². The molecule has 3 N–H and O–H groups in total. The van der Waals surface area contributed by atoms with Crippen LogP contribution in [-0.2, 0) is 16.1 Å². The zero-order valence-electron chi connectivity index (χ0n) is 10.6. The molecule has 0 unspecified atom stereocenters. The van der Waals surface area contributed by atoms with Crippen molar-refractivity contribution in [3.05, 3.63) is 0 Å². The molecule has 0 saturated heterocycles. The molecule has 1 heterocycles. The average Bonchev–Trinajstić information content (AvgIpc) is 2.99. The summed E-state index contributed by atoms with van der Waals surface area (Å²) >= 11 is 1.11. The summed E-state index contributed by atoms with van der Waals surface area (Å²) in [6.45, 7) is 1.10. The summed E-state index contributed by atoms with van der Waals surface area (Å²) in [5.74, 6) is -0.648. The van der Waals surface area contributed by atoms with Crippen molar-refractivity contribution < 1.29 is 14.6 Å². The Kier molecular flexibility index (Phi) is 5.03. The number of nitrogens with zero attached hydrogens (tertiary/aromatic N) is 3. The molecule has 1 aromatic heterocycles. The van der Waals surface area contributed by atoms with Crippen LogP contribution in [0.4, 0.5) is 5.95 Å². The molecule has 1 aromatic rings. The number of anilines is 1. The highest BCUT2D eigenvalue weighted by molar-refractivity contribution is 7.99. The molecule has 106 valence electrons. The van der Waals surface area contributed by atoms with Crippen molar-refractivity contribution in [1.82, 2.24) is 14.8 Å². The van der Waals surface area contributed by atoms with Crippen LogP contribution in [-0.4, -0.2) is 44.3 Å². The van der Waals surface area contributed by atoms with Gasteiger partial charge >= 0.3 is 5.97 Å². The third-order valence-electron chi connectivity index (χ3n) is 3.04. The molecule has 0 spiro atoms. The van der Waals surface area contributed by atoms with Gasteiger partial charge in [-0.1, -0.05) is 24.6 Å². The number of ether oxygens (including phenoxy) is 1. The number of hydrogen-bond acceptors (Lipinski definition) is 6. The normalized spacial score (nSPS) is 16.0. The highest BCUT2D eigenvalue weighted by atomic mass is 32.2. The number of carboxylic acid groups (broad SMARTS) is 1. The average molecular weight is 286 g/mol. The number of carboxylic acids is 1. The summed E-state index contributed by atoms with van der Waals surface area (Å²) in [6.07, 6.45) is 5.07. The van der Waals surface area contributed by atoms with Crippen LogP contribution in [0.5, 0.6) is 0 Å². The molecule has 2 rings (SSSR count). The van der Waals surface area contributed by atoms with Crippen molar-refractivity contribution in [3.63, 3.8) is 0 Å². The van der Waals surface area contributed by atoms with E-state index in [-0.39, 0.29) is 5.75 Å². The molecule has 0 bridgehead atoms. The van der Waals surface area contributed by atoms with Gasteiger partial charge < -0.3 is 15.6 Å². The van der Waals surface area contributed by atoms with Gasteiger partial charge in [0, 0.05) is 0 Å². The summed E-state index contributed by atoms with van der Waals surface area (Å²) in [7, 11) is 0. The van der Waals surface area contributed by atoms with Crippen molar-refractivity contribution in [2.24, 2.45) is 0 Å². The molecule has 0 aromatic carbocycles. The molecular formula is C11H18N4O3S. The Labute approximate surface area is 115 Å². The van der Waals surface area contributed by atoms with E-state index in [1.165, 1.54) is 12.8 Å². The lowest BCUT2D eigenvalue weighted by Crippen LogP contribution is -2.15. The van der Waals surface area contributed by atoms with Crippen LogP contribution in [0.1, 0.15) is 25.7 Å². The van der Waals surface area contributed by atoms with E-state index >= 15 is 0 Å². The molecule has 0 aliphatic heterocycles.